The molecule has 0 unspecified atom stereocenters. The third-order valence-electron chi connectivity index (χ3n) is 2.82. The topological polar surface area (TPSA) is 39.9 Å². The number of fused-ring (bicyclic) bond motifs is 1. The largest absolute Gasteiger partial charge is 0.361 e. The van der Waals surface area contributed by atoms with Gasteiger partial charge in [0.25, 0.3) is 0 Å². The first-order valence-electron chi connectivity index (χ1n) is 6.23. The molecule has 0 aliphatic carbocycles. The van der Waals surface area contributed by atoms with Crippen molar-refractivity contribution in [3.05, 3.63) is 21.8 Å². The molecule has 0 radical (unpaired) electrons. The standard InChI is InChI=1S/C12H16BrClFN3OSi/c1-20(2,3)5-4-19-7-18-9-6-8(15)10(13)16-11(9)17-12(18)14/h6H,4-5,7H2,1-3H3. The molecule has 110 valence electrons. The number of rotatable bonds is 5. The molecule has 4 nitrogen and oxygen atoms in total. The van der Waals surface area contributed by atoms with E-state index in [-0.39, 0.29) is 16.6 Å². The average molecular weight is 381 g/mol. The van der Waals surface area contributed by atoms with E-state index in [1.807, 2.05) is 0 Å². The van der Waals surface area contributed by atoms with Crippen molar-refractivity contribution in [3.8, 4) is 0 Å². The van der Waals surface area contributed by atoms with Gasteiger partial charge in [-0.1, -0.05) is 19.6 Å². The number of ether oxygens (including phenoxy) is 1. The van der Waals surface area contributed by atoms with E-state index in [2.05, 4.69) is 45.5 Å². The number of nitrogens with zero attached hydrogens (tertiary/aromatic N) is 3. The van der Waals surface area contributed by atoms with Gasteiger partial charge < -0.3 is 4.74 Å². The molecule has 20 heavy (non-hydrogen) atoms. The predicted octanol–water partition coefficient (Wildman–Crippen LogP) is 4.30. The average Bonchev–Trinajstić information content (AvgIpc) is 2.60. The summed E-state index contributed by atoms with van der Waals surface area (Å²) in [6, 6.07) is 2.42. The number of imidazole rings is 1. The second-order valence-electron chi connectivity index (χ2n) is 5.76. The molecule has 0 aliphatic heterocycles. The van der Waals surface area contributed by atoms with Crippen LogP contribution in [0.2, 0.25) is 31.0 Å². The van der Waals surface area contributed by atoms with E-state index >= 15 is 0 Å². The van der Waals surface area contributed by atoms with Crippen molar-refractivity contribution >= 4 is 46.8 Å². The van der Waals surface area contributed by atoms with Crippen LogP contribution in [0, 0.1) is 5.82 Å². The molecule has 0 aliphatic rings. The Kier molecular flexibility index (Phi) is 4.83. The highest BCUT2D eigenvalue weighted by Gasteiger charge is 2.15. The number of hydrogen-bond acceptors (Lipinski definition) is 3. The SMILES string of the molecule is C[Si](C)(C)CCOCn1c(Cl)nc2nc(Br)c(F)cc21. The van der Waals surface area contributed by atoms with E-state index in [1.54, 1.807) is 4.57 Å². The number of aromatic nitrogens is 3. The van der Waals surface area contributed by atoms with Crippen molar-refractivity contribution in [1.82, 2.24) is 14.5 Å². The van der Waals surface area contributed by atoms with Crippen molar-refractivity contribution in [3.63, 3.8) is 0 Å². The summed E-state index contributed by atoms with van der Waals surface area (Å²) in [5, 5.41) is 0.248. The fourth-order valence-electron chi connectivity index (χ4n) is 1.63. The molecule has 0 spiro atoms. The smallest absolute Gasteiger partial charge is 0.207 e. The van der Waals surface area contributed by atoms with Gasteiger partial charge in [-0.15, -0.1) is 0 Å². The molecule has 2 aromatic rings. The normalized spacial score (nSPS) is 12.3. The first-order valence-corrected chi connectivity index (χ1v) is 11.1. The van der Waals surface area contributed by atoms with Gasteiger partial charge in [0, 0.05) is 20.7 Å². The van der Waals surface area contributed by atoms with E-state index in [0.717, 1.165) is 6.04 Å². The summed E-state index contributed by atoms with van der Waals surface area (Å²) < 4.78 is 20.9. The molecular weight excluding hydrogens is 365 g/mol. The lowest BCUT2D eigenvalue weighted by Gasteiger charge is -2.15. The third kappa shape index (κ3) is 3.78. The van der Waals surface area contributed by atoms with Crippen molar-refractivity contribution < 1.29 is 9.13 Å². The summed E-state index contributed by atoms with van der Waals surface area (Å²) in [4.78, 5) is 8.09. The lowest BCUT2D eigenvalue weighted by Crippen LogP contribution is -2.22. The summed E-state index contributed by atoms with van der Waals surface area (Å²) >= 11 is 9.07. The summed E-state index contributed by atoms with van der Waals surface area (Å²) in [7, 11) is -1.12. The molecule has 0 saturated carbocycles. The molecule has 0 atom stereocenters. The first-order chi connectivity index (χ1) is 9.28. The zero-order chi connectivity index (χ0) is 14.9. The molecular formula is C12H16BrClFN3OSi. The van der Waals surface area contributed by atoms with Gasteiger partial charge in [-0.2, -0.15) is 4.98 Å². The van der Waals surface area contributed by atoms with Crippen LogP contribution < -0.4 is 0 Å². The zero-order valence-electron chi connectivity index (χ0n) is 11.6. The van der Waals surface area contributed by atoms with Crippen molar-refractivity contribution in [2.45, 2.75) is 32.4 Å². The molecule has 0 bridgehead atoms. The Morgan fingerprint density at radius 3 is 2.75 bits per heavy atom. The fourth-order valence-corrected chi connectivity index (χ4v) is 2.89. The van der Waals surface area contributed by atoms with Gasteiger partial charge in [-0.25, -0.2) is 9.37 Å². The lowest BCUT2D eigenvalue weighted by atomic mass is 10.4. The Bertz CT molecular complexity index is 629. The summed E-state index contributed by atoms with van der Waals surface area (Å²) in [6.07, 6.45) is 0. The fraction of sp³-hybridized carbons (Fsp3) is 0.500. The quantitative estimate of drug-likeness (QED) is 0.441. The molecule has 2 heterocycles. The van der Waals surface area contributed by atoms with Crippen LogP contribution >= 0.6 is 27.5 Å². The zero-order valence-corrected chi connectivity index (χ0v) is 14.9. The Balaban J connectivity index is 2.14. The van der Waals surface area contributed by atoms with Gasteiger partial charge in [0.2, 0.25) is 5.28 Å². The Hall–Kier alpha value is -0.503. The minimum Gasteiger partial charge on any atom is -0.361 e. The molecule has 0 fully saturated rings. The maximum absolute atomic E-state index is 13.6. The minimum absolute atomic E-state index is 0.131. The highest BCUT2D eigenvalue weighted by molar-refractivity contribution is 9.10. The highest BCUT2D eigenvalue weighted by atomic mass is 79.9. The molecule has 0 amide bonds. The third-order valence-corrected chi connectivity index (χ3v) is 5.37. The van der Waals surface area contributed by atoms with Crippen LogP contribution in [0.5, 0.6) is 0 Å². The van der Waals surface area contributed by atoms with Gasteiger partial charge in [-0.3, -0.25) is 4.57 Å². The van der Waals surface area contributed by atoms with Crippen LogP contribution in [-0.2, 0) is 11.5 Å². The second-order valence-corrected chi connectivity index (χ2v) is 12.5. The summed E-state index contributed by atoms with van der Waals surface area (Å²) in [5.74, 6) is -0.447. The van der Waals surface area contributed by atoms with E-state index in [1.165, 1.54) is 6.07 Å². The highest BCUT2D eigenvalue weighted by Crippen LogP contribution is 2.23. The number of pyridine rings is 1. The number of halogens is 3. The molecule has 0 aromatic carbocycles. The molecule has 8 heteroatoms. The Labute approximate surface area is 131 Å². The van der Waals surface area contributed by atoms with E-state index < -0.39 is 13.9 Å². The van der Waals surface area contributed by atoms with E-state index in [9.17, 15) is 4.39 Å². The first kappa shape index (κ1) is 15.9. The van der Waals surface area contributed by atoms with Crippen LogP contribution in [0.1, 0.15) is 0 Å². The van der Waals surface area contributed by atoms with Crippen LogP contribution in [0.25, 0.3) is 11.2 Å². The Morgan fingerprint density at radius 1 is 1.40 bits per heavy atom. The second kappa shape index (κ2) is 6.09. The van der Waals surface area contributed by atoms with Crippen molar-refractivity contribution in [1.29, 1.82) is 0 Å². The van der Waals surface area contributed by atoms with E-state index in [0.29, 0.717) is 17.8 Å². The van der Waals surface area contributed by atoms with Crippen LogP contribution in [0.15, 0.2) is 10.7 Å². The predicted molar refractivity (Wildman–Crippen MR) is 84.3 cm³/mol. The van der Waals surface area contributed by atoms with Gasteiger partial charge in [0.05, 0.1) is 5.52 Å². The van der Waals surface area contributed by atoms with Gasteiger partial charge in [0.15, 0.2) is 11.5 Å². The van der Waals surface area contributed by atoms with E-state index in [4.69, 9.17) is 16.3 Å². The van der Waals surface area contributed by atoms with Crippen LogP contribution in [0.4, 0.5) is 4.39 Å². The lowest BCUT2D eigenvalue weighted by molar-refractivity contribution is 0.0900. The molecule has 2 rings (SSSR count). The van der Waals surface area contributed by atoms with Gasteiger partial charge >= 0.3 is 0 Å². The van der Waals surface area contributed by atoms with Gasteiger partial charge in [-0.05, 0) is 33.6 Å². The summed E-state index contributed by atoms with van der Waals surface area (Å²) in [5.41, 5.74) is 0.931. The molecule has 0 saturated heterocycles. The Morgan fingerprint density at radius 2 is 2.10 bits per heavy atom. The van der Waals surface area contributed by atoms with Crippen molar-refractivity contribution in [2.75, 3.05) is 6.61 Å². The maximum atomic E-state index is 13.6. The van der Waals surface area contributed by atoms with Crippen molar-refractivity contribution in [2.24, 2.45) is 0 Å². The minimum atomic E-state index is -1.12. The monoisotopic (exact) mass is 379 g/mol. The summed E-state index contributed by atoms with van der Waals surface area (Å²) in [6.45, 7) is 7.77. The van der Waals surface area contributed by atoms with Crippen LogP contribution in [-0.4, -0.2) is 29.2 Å². The van der Waals surface area contributed by atoms with Crippen LogP contribution in [0.3, 0.4) is 0 Å². The maximum Gasteiger partial charge on any atom is 0.207 e. The molecule has 0 N–H and O–H groups in total. The number of hydrogen-bond donors (Lipinski definition) is 0. The molecule has 2 aromatic heterocycles. The van der Waals surface area contributed by atoms with Gasteiger partial charge in [0.1, 0.15) is 11.3 Å².